The minimum absolute atomic E-state index is 0.0804. The van der Waals surface area contributed by atoms with E-state index in [9.17, 15) is 18.0 Å². The van der Waals surface area contributed by atoms with E-state index in [1.54, 1.807) is 38.1 Å². The minimum Gasteiger partial charge on any atom is -0.449 e. The van der Waals surface area contributed by atoms with E-state index in [1.165, 1.54) is 35.6 Å². The number of hydrogen-bond acceptors (Lipinski definition) is 5. The molecule has 0 saturated carbocycles. The summed E-state index contributed by atoms with van der Waals surface area (Å²) < 4.78 is 31.8. The Balaban J connectivity index is 1.91. The average Bonchev–Trinajstić information content (AvgIpc) is 3.06. The Labute approximate surface area is 168 Å². The van der Waals surface area contributed by atoms with E-state index in [4.69, 9.17) is 10.2 Å². The van der Waals surface area contributed by atoms with E-state index in [0.29, 0.717) is 11.0 Å². The molecule has 0 spiro atoms. The molecule has 152 valence electrons. The predicted octanol–water partition coefficient (Wildman–Crippen LogP) is 2.81. The molecule has 0 aliphatic rings. The first-order valence-electron chi connectivity index (χ1n) is 8.83. The van der Waals surface area contributed by atoms with Gasteiger partial charge in [0.05, 0.1) is 4.90 Å². The van der Waals surface area contributed by atoms with Crippen molar-refractivity contribution >= 4 is 38.5 Å². The number of rotatable bonds is 6. The number of primary amides is 1. The molecule has 3 rings (SSSR count). The summed E-state index contributed by atoms with van der Waals surface area (Å²) in [7, 11) is -2.16. The van der Waals surface area contributed by atoms with Crippen LogP contribution >= 0.6 is 0 Å². The Kier molecular flexibility index (Phi) is 5.45. The molecular formula is C20H21N3O5S. The smallest absolute Gasteiger partial charge is 0.286 e. The van der Waals surface area contributed by atoms with Crippen LogP contribution in [0.3, 0.4) is 0 Å². The molecule has 0 unspecified atom stereocenters. The first kappa shape index (κ1) is 20.6. The van der Waals surface area contributed by atoms with Crippen LogP contribution < -0.4 is 11.1 Å². The van der Waals surface area contributed by atoms with Gasteiger partial charge in [-0.05, 0) is 50.2 Å². The Morgan fingerprint density at radius 2 is 1.69 bits per heavy atom. The van der Waals surface area contributed by atoms with Gasteiger partial charge in [-0.2, -0.15) is 4.31 Å². The normalized spacial score (nSPS) is 11.9. The largest absolute Gasteiger partial charge is 0.449 e. The molecule has 0 aliphatic heterocycles. The lowest BCUT2D eigenvalue weighted by Gasteiger charge is -2.21. The van der Waals surface area contributed by atoms with Gasteiger partial charge >= 0.3 is 0 Å². The fourth-order valence-corrected chi connectivity index (χ4v) is 4.12. The molecule has 0 atom stereocenters. The van der Waals surface area contributed by atoms with Crippen molar-refractivity contribution in [1.82, 2.24) is 4.31 Å². The molecule has 2 aromatic carbocycles. The van der Waals surface area contributed by atoms with Crippen molar-refractivity contribution in [3.63, 3.8) is 0 Å². The van der Waals surface area contributed by atoms with Gasteiger partial charge in [0, 0.05) is 24.0 Å². The van der Waals surface area contributed by atoms with Crippen LogP contribution in [0.2, 0.25) is 0 Å². The van der Waals surface area contributed by atoms with Crippen molar-refractivity contribution in [1.29, 1.82) is 0 Å². The summed E-state index contributed by atoms with van der Waals surface area (Å²) in [6.45, 7) is 3.54. The number of sulfonamides is 1. The molecule has 0 radical (unpaired) electrons. The molecule has 1 aromatic heterocycles. The number of carbonyl (C=O) groups excluding carboxylic acids is 2. The lowest BCUT2D eigenvalue weighted by atomic mass is 10.2. The van der Waals surface area contributed by atoms with Crippen molar-refractivity contribution < 1.29 is 22.4 Å². The average molecular weight is 415 g/mol. The topological polar surface area (TPSA) is 123 Å². The maximum Gasteiger partial charge on any atom is 0.286 e. The van der Waals surface area contributed by atoms with Crippen LogP contribution in [0.25, 0.3) is 11.0 Å². The third kappa shape index (κ3) is 3.87. The molecule has 3 aromatic rings. The second kappa shape index (κ2) is 7.69. The maximum absolute atomic E-state index is 12.7. The molecule has 2 amide bonds. The number of furan rings is 1. The zero-order valence-electron chi connectivity index (χ0n) is 16.2. The third-order valence-corrected chi connectivity index (χ3v) is 6.63. The quantitative estimate of drug-likeness (QED) is 0.641. The number of nitrogens with zero attached hydrogens (tertiary/aromatic N) is 1. The maximum atomic E-state index is 12.7. The van der Waals surface area contributed by atoms with E-state index < -0.39 is 21.8 Å². The Hall–Kier alpha value is -3.17. The molecule has 0 bridgehead atoms. The Morgan fingerprint density at radius 3 is 2.28 bits per heavy atom. The standard InChI is InChI=1S/C20H21N3O5S/c1-12(2)23(3)29(26,27)14-10-8-13(9-11-14)20(25)22-17-15-6-4-5-7-16(15)28-18(17)19(21)24/h4-12H,1-3H3,(H2,21,24)(H,22,25). The van der Waals surface area contributed by atoms with E-state index in [2.05, 4.69) is 5.32 Å². The highest BCUT2D eigenvalue weighted by atomic mass is 32.2. The fraction of sp³-hybridized carbons (Fsp3) is 0.200. The number of nitrogens with two attached hydrogens (primary N) is 1. The second-order valence-corrected chi connectivity index (χ2v) is 8.76. The monoisotopic (exact) mass is 415 g/mol. The van der Waals surface area contributed by atoms with Crippen molar-refractivity contribution in [2.75, 3.05) is 12.4 Å². The van der Waals surface area contributed by atoms with Gasteiger partial charge in [0.15, 0.2) is 0 Å². The number of para-hydroxylation sites is 1. The summed E-state index contributed by atoms with van der Waals surface area (Å²) in [6, 6.07) is 12.2. The number of fused-ring (bicyclic) bond motifs is 1. The van der Waals surface area contributed by atoms with Gasteiger partial charge in [-0.25, -0.2) is 8.42 Å². The molecule has 3 N–H and O–H groups in total. The Morgan fingerprint density at radius 1 is 1.07 bits per heavy atom. The predicted molar refractivity (Wildman–Crippen MR) is 109 cm³/mol. The van der Waals surface area contributed by atoms with Gasteiger partial charge in [-0.15, -0.1) is 0 Å². The molecule has 8 nitrogen and oxygen atoms in total. The van der Waals surface area contributed by atoms with Crippen LogP contribution in [0.5, 0.6) is 0 Å². The zero-order valence-corrected chi connectivity index (χ0v) is 17.0. The van der Waals surface area contributed by atoms with Crippen molar-refractivity contribution in [2.45, 2.75) is 24.8 Å². The van der Waals surface area contributed by atoms with Gasteiger partial charge in [-0.3, -0.25) is 9.59 Å². The summed E-state index contributed by atoms with van der Waals surface area (Å²) in [5.41, 5.74) is 6.16. The minimum atomic E-state index is -3.65. The molecule has 1 heterocycles. The van der Waals surface area contributed by atoms with E-state index in [0.717, 1.165) is 0 Å². The molecule has 0 aliphatic carbocycles. The van der Waals surface area contributed by atoms with Crippen molar-refractivity contribution in [3.8, 4) is 0 Å². The lowest BCUT2D eigenvalue weighted by Crippen LogP contribution is -2.33. The SMILES string of the molecule is CC(C)N(C)S(=O)(=O)c1ccc(C(=O)Nc2c(C(N)=O)oc3ccccc23)cc1. The second-order valence-electron chi connectivity index (χ2n) is 6.76. The molecule has 9 heteroatoms. The van der Waals surface area contributed by atoms with Crippen LogP contribution in [0.4, 0.5) is 5.69 Å². The van der Waals surface area contributed by atoms with E-state index >= 15 is 0 Å². The number of anilines is 1. The van der Waals surface area contributed by atoms with Crippen molar-refractivity contribution in [2.24, 2.45) is 5.73 Å². The lowest BCUT2D eigenvalue weighted by molar-refractivity contribution is 0.0977. The molecule has 0 saturated heterocycles. The van der Waals surface area contributed by atoms with Gasteiger partial charge < -0.3 is 15.5 Å². The van der Waals surface area contributed by atoms with Crippen LogP contribution in [0, 0.1) is 0 Å². The summed E-state index contributed by atoms with van der Waals surface area (Å²) in [4.78, 5) is 24.4. The van der Waals surface area contributed by atoms with Crippen LogP contribution in [0.1, 0.15) is 34.8 Å². The van der Waals surface area contributed by atoms with Crippen LogP contribution in [-0.4, -0.2) is 37.6 Å². The number of amides is 2. The first-order chi connectivity index (χ1) is 13.6. The first-order valence-corrected chi connectivity index (χ1v) is 10.3. The van der Waals surface area contributed by atoms with Gasteiger partial charge in [0.1, 0.15) is 11.3 Å². The highest BCUT2D eigenvalue weighted by Gasteiger charge is 2.24. The highest BCUT2D eigenvalue weighted by Crippen LogP contribution is 2.31. The zero-order chi connectivity index (χ0) is 21.3. The van der Waals surface area contributed by atoms with Crippen molar-refractivity contribution in [3.05, 3.63) is 59.9 Å². The van der Waals surface area contributed by atoms with Gasteiger partial charge in [-0.1, -0.05) is 12.1 Å². The number of nitrogens with one attached hydrogen (secondary N) is 1. The number of carbonyl (C=O) groups is 2. The van der Waals surface area contributed by atoms with Gasteiger partial charge in [0.2, 0.25) is 15.8 Å². The van der Waals surface area contributed by atoms with Crippen LogP contribution in [0.15, 0.2) is 57.8 Å². The number of hydrogen-bond donors (Lipinski definition) is 2. The van der Waals surface area contributed by atoms with E-state index in [-0.39, 0.29) is 27.9 Å². The Bertz CT molecular complexity index is 1180. The molecule has 0 fully saturated rings. The summed E-state index contributed by atoms with van der Waals surface area (Å²) >= 11 is 0. The van der Waals surface area contributed by atoms with Gasteiger partial charge in [0.25, 0.3) is 11.8 Å². The molecular weight excluding hydrogens is 394 g/mol. The van der Waals surface area contributed by atoms with Crippen LogP contribution in [-0.2, 0) is 10.0 Å². The summed E-state index contributed by atoms with van der Waals surface area (Å²) in [5.74, 6) is -1.49. The highest BCUT2D eigenvalue weighted by molar-refractivity contribution is 7.89. The van der Waals surface area contributed by atoms with E-state index in [1.807, 2.05) is 0 Å². The summed E-state index contributed by atoms with van der Waals surface area (Å²) in [5, 5.41) is 3.17. The fourth-order valence-electron chi connectivity index (χ4n) is 2.75. The number of benzene rings is 2. The third-order valence-electron chi connectivity index (χ3n) is 4.58. The summed E-state index contributed by atoms with van der Waals surface area (Å²) in [6.07, 6.45) is 0. The molecule has 29 heavy (non-hydrogen) atoms.